The molecular formula is C23H23Cl2N3O3. The first-order chi connectivity index (χ1) is 15.0. The summed E-state index contributed by atoms with van der Waals surface area (Å²) in [5.41, 5.74) is 3.38. The quantitative estimate of drug-likeness (QED) is 0.508. The number of hydrogen-bond acceptors (Lipinski definition) is 4. The Morgan fingerprint density at radius 2 is 1.81 bits per heavy atom. The third kappa shape index (κ3) is 4.56. The Hall–Kier alpha value is -2.54. The second-order valence-corrected chi connectivity index (χ2v) is 8.21. The van der Waals surface area contributed by atoms with Crippen molar-refractivity contribution in [3.63, 3.8) is 0 Å². The van der Waals surface area contributed by atoms with Crippen LogP contribution in [-0.4, -0.2) is 47.1 Å². The largest absolute Gasteiger partial charge is 0.416 e. The van der Waals surface area contributed by atoms with Gasteiger partial charge in [0.15, 0.2) is 0 Å². The van der Waals surface area contributed by atoms with Gasteiger partial charge in [0, 0.05) is 13.1 Å². The summed E-state index contributed by atoms with van der Waals surface area (Å²) in [4.78, 5) is 14.6. The molecule has 31 heavy (non-hydrogen) atoms. The molecule has 0 radical (unpaired) electrons. The van der Waals surface area contributed by atoms with Gasteiger partial charge in [-0.2, -0.15) is 5.10 Å². The number of benzene rings is 2. The van der Waals surface area contributed by atoms with Gasteiger partial charge in [-0.1, -0.05) is 59.6 Å². The first-order valence-electron chi connectivity index (χ1n) is 10.1. The van der Waals surface area contributed by atoms with Gasteiger partial charge in [0.1, 0.15) is 0 Å². The second-order valence-electron chi connectivity index (χ2n) is 7.39. The zero-order valence-electron chi connectivity index (χ0n) is 17.3. The molecule has 2 heterocycles. The molecule has 1 aliphatic heterocycles. The fourth-order valence-electron chi connectivity index (χ4n) is 3.63. The minimum atomic E-state index is -0.414. The Bertz CT molecular complexity index is 1080. The molecule has 0 saturated carbocycles. The van der Waals surface area contributed by atoms with E-state index in [2.05, 4.69) is 0 Å². The summed E-state index contributed by atoms with van der Waals surface area (Å²) in [6.07, 6.45) is -0.414. The number of carbonyl (C=O) groups excluding carboxylic acids is 1. The molecule has 1 aromatic heterocycles. The van der Waals surface area contributed by atoms with Crippen molar-refractivity contribution in [2.75, 3.05) is 26.3 Å². The van der Waals surface area contributed by atoms with Gasteiger partial charge in [-0.15, -0.1) is 0 Å². The van der Waals surface area contributed by atoms with Crippen molar-refractivity contribution in [2.24, 2.45) is 0 Å². The van der Waals surface area contributed by atoms with Crippen molar-refractivity contribution in [1.82, 2.24) is 14.7 Å². The molecule has 0 bridgehead atoms. The first kappa shape index (κ1) is 21.7. The molecule has 1 aliphatic rings. The van der Waals surface area contributed by atoms with Crippen LogP contribution in [0.15, 0.2) is 48.5 Å². The molecule has 1 unspecified atom stereocenters. The number of hydrogen-bond donors (Lipinski definition) is 0. The van der Waals surface area contributed by atoms with Crippen LogP contribution < -0.4 is 4.74 Å². The van der Waals surface area contributed by atoms with E-state index in [0.29, 0.717) is 42.2 Å². The summed E-state index contributed by atoms with van der Waals surface area (Å²) in [7, 11) is 0. The maximum Gasteiger partial charge on any atom is 0.416 e. The lowest BCUT2D eigenvalue weighted by Gasteiger charge is -2.26. The number of nitrogens with zero attached hydrogens (tertiary/aromatic N) is 3. The highest BCUT2D eigenvalue weighted by atomic mass is 35.5. The Morgan fingerprint density at radius 1 is 1.10 bits per heavy atom. The van der Waals surface area contributed by atoms with E-state index in [1.54, 1.807) is 21.7 Å². The standard InChI is InChI=1S/C23H23Cl2N3O3/c1-15-21(17-6-4-3-5-7-17)22(31-23(29)27-10-12-30-13-11-27)28(26-15)16(2)18-8-9-19(24)20(25)14-18/h3-9,14,16H,10-13H2,1-2H3. The molecule has 0 N–H and O–H groups in total. The normalized spacial score (nSPS) is 15.0. The van der Waals surface area contributed by atoms with Crippen LogP contribution in [0.25, 0.3) is 11.1 Å². The van der Waals surface area contributed by atoms with Crippen LogP contribution >= 0.6 is 23.2 Å². The highest BCUT2D eigenvalue weighted by molar-refractivity contribution is 6.42. The SMILES string of the molecule is Cc1nn(C(C)c2ccc(Cl)c(Cl)c2)c(OC(=O)N2CCOCC2)c1-c1ccccc1. The number of carbonyl (C=O) groups is 1. The van der Waals surface area contributed by atoms with Gasteiger partial charge in [0.25, 0.3) is 0 Å². The minimum absolute atomic E-state index is 0.238. The van der Waals surface area contributed by atoms with E-state index in [4.69, 9.17) is 37.8 Å². The Balaban J connectivity index is 1.77. The van der Waals surface area contributed by atoms with Crippen molar-refractivity contribution in [3.8, 4) is 17.0 Å². The lowest BCUT2D eigenvalue weighted by Crippen LogP contribution is -2.42. The zero-order chi connectivity index (χ0) is 22.0. The smallest absolute Gasteiger partial charge is 0.391 e. The highest BCUT2D eigenvalue weighted by Gasteiger charge is 2.27. The summed E-state index contributed by atoms with van der Waals surface area (Å²) >= 11 is 12.3. The van der Waals surface area contributed by atoms with Crippen LogP contribution in [0.2, 0.25) is 10.0 Å². The average Bonchev–Trinajstić information content (AvgIpc) is 3.11. The molecular weight excluding hydrogens is 437 g/mol. The van der Waals surface area contributed by atoms with E-state index in [1.807, 2.05) is 50.2 Å². The Labute approximate surface area is 191 Å². The van der Waals surface area contributed by atoms with E-state index < -0.39 is 6.09 Å². The second kappa shape index (κ2) is 9.30. The van der Waals surface area contributed by atoms with Gasteiger partial charge in [-0.25, -0.2) is 9.48 Å². The molecule has 1 fully saturated rings. The topological polar surface area (TPSA) is 56.6 Å². The Kier molecular flexibility index (Phi) is 6.51. The number of halogens is 2. The van der Waals surface area contributed by atoms with Gasteiger partial charge >= 0.3 is 6.09 Å². The minimum Gasteiger partial charge on any atom is -0.391 e. The lowest BCUT2D eigenvalue weighted by atomic mass is 10.1. The third-order valence-electron chi connectivity index (χ3n) is 5.35. The zero-order valence-corrected chi connectivity index (χ0v) is 18.9. The Morgan fingerprint density at radius 3 is 2.48 bits per heavy atom. The molecule has 8 heteroatoms. The maximum atomic E-state index is 12.9. The van der Waals surface area contributed by atoms with Crippen LogP contribution in [0, 0.1) is 6.92 Å². The van der Waals surface area contributed by atoms with Crippen molar-refractivity contribution in [2.45, 2.75) is 19.9 Å². The van der Waals surface area contributed by atoms with Crippen molar-refractivity contribution < 1.29 is 14.3 Å². The molecule has 3 aromatic rings. The molecule has 162 valence electrons. The fraction of sp³-hybridized carbons (Fsp3) is 0.304. The number of ether oxygens (including phenoxy) is 2. The molecule has 1 atom stereocenters. The number of aryl methyl sites for hydroxylation is 1. The van der Waals surface area contributed by atoms with Crippen LogP contribution in [-0.2, 0) is 4.74 Å². The first-order valence-corrected chi connectivity index (χ1v) is 10.8. The molecule has 1 saturated heterocycles. The summed E-state index contributed by atoms with van der Waals surface area (Å²) in [5, 5.41) is 5.68. The molecule has 0 spiro atoms. The van der Waals surface area contributed by atoms with Crippen LogP contribution in [0.3, 0.4) is 0 Å². The summed E-state index contributed by atoms with van der Waals surface area (Å²) in [6, 6.07) is 15.0. The van der Waals surface area contributed by atoms with Gasteiger partial charge < -0.3 is 14.4 Å². The van der Waals surface area contributed by atoms with E-state index in [0.717, 1.165) is 22.4 Å². The van der Waals surface area contributed by atoms with Gasteiger partial charge in [0.2, 0.25) is 5.88 Å². The molecule has 6 nitrogen and oxygen atoms in total. The highest BCUT2D eigenvalue weighted by Crippen LogP contribution is 2.37. The van der Waals surface area contributed by atoms with E-state index in [9.17, 15) is 4.79 Å². The fourth-order valence-corrected chi connectivity index (χ4v) is 3.94. The van der Waals surface area contributed by atoms with Crippen molar-refractivity contribution in [1.29, 1.82) is 0 Å². The van der Waals surface area contributed by atoms with E-state index in [1.165, 1.54) is 0 Å². The summed E-state index contributed by atoms with van der Waals surface area (Å²) in [6.45, 7) is 5.88. The monoisotopic (exact) mass is 459 g/mol. The van der Waals surface area contributed by atoms with Crippen molar-refractivity contribution >= 4 is 29.3 Å². The van der Waals surface area contributed by atoms with Crippen LogP contribution in [0.1, 0.15) is 24.2 Å². The van der Waals surface area contributed by atoms with Crippen LogP contribution in [0.5, 0.6) is 5.88 Å². The van der Waals surface area contributed by atoms with Crippen LogP contribution in [0.4, 0.5) is 4.79 Å². The molecule has 1 amide bonds. The van der Waals surface area contributed by atoms with Crippen molar-refractivity contribution in [3.05, 3.63) is 69.8 Å². The number of aromatic nitrogens is 2. The van der Waals surface area contributed by atoms with E-state index >= 15 is 0 Å². The predicted molar refractivity (Wildman–Crippen MR) is 121 cm³/mol. The molecule has 4 rings (SSSR count). The predicted octanol–water partition coefficient (Wildman–Crippen LogP) is 5.61. The third-order valence-corrected chi connectivity index (χ3v) is 6.09. The number of amides is 1. The molecule has 0 aliphatic carbocycles. The van der Waals surface area contributed by atoms with Gasteiger partial charge in [-0.05, 0) is 37.1 Å². The summed E-state index contributed by atoms with van der Waals surface area (Å²) in [5.74, 6) is 0.402. The van der Waals surface area contributed by atoms with Gasteiger partial charge in [0.05, 0.1) is 40.6 Å². The lowest BCUT2D eigenvalue weighted by molar-refractivity contribution is 0.0407. The van der Waals surface area contributed by atoms with Gasteiger partial charge in [-0.3, -0.25) is 0 Å². The maximum absolute atomic E-state index is 12.9. The average molecular weight is 460 g/mol. The summed E-state index contributed by atoms with van der Waals surface area (Å²) < 4.78 is 13.0. The molecule has 2 aromatic carbocycles. The van der Waals surface area contributed by atoms with E-state index in [-0.39, 0.29) is 6.04 Å². The number of morpholine rings is 1. The number of rotatable bonds is 4.